The van der Waals surface area contributed by atoms with Gasteiger partial charge in [-0.2, -0.15) is 5.10 Å². The van der Waals surface area contributed by atoms with Gasteiger partial charge >= 0.3 is 0 Å². The number of nitrogens with zero attached hydrogens (tertiary/aromatic N) is 1. The predicted octanol–water partition coefficient (Wildman–Crippen LogP) is 3.22. The molecule has 0 bridgehead atoms. The van der Waals surface area contributed by atoms with Crippen LogP contribution in [0, 0.1) is 5.92 Å². The van der Waals surface area contributed by atoms with Crippen LogP contribution in [0.1, 0.15) is 12.5 Å². The fourth-order valence-electron chi connectivity index (χ4n) is 1.69. The van der Waals surface area contributed by atoms with Crippen LogP contribution in [0.4, 0.5) is 4.39 Å². The molecule has 0 unspecified atom stereocenters. The van der Waals surface area contributed by atoms with Crippen LogP contribution in [0.5, 0.6) is 0 Å². The molecule has 2 aromatic rings. The minimum Gasteiger partial charge on any atom is -0.278 e. The molecule has 16 heavy (non-hydrogen) atoms. The smallest absolute Gasteiger partial charge is 0.0923 e. The van der Waals surface area contributed by atoms with E-state index in [4.69, 9.17) is 0 Å². The number of halogens is 1. The van der Waals surface area contributed by atoms with Crippen molar-refractivity contribution in [1.29, 1.82) is 0 Å². The molecular weight excluding hydrogens is 203 g/mol. The topological polar surface area (TPSA) is 28.7 Å². The predicted molar refractivity (Wildman–Crippen MR) is 62.9 cm³/mol. The summed E-state index contributed by atoms with van der Waals surface area (Å²) in [6, 6.07) is 10.1. The van der Waals surface area contributed by atoms with E-state index >= 15 is 0 Å². The second-order valence-electron chi connectivity index (χ2n) is 4.13. The molecule has 2 rings (SSSR count). The summed E-state index contributed by atoms with van der Waals surface area (Å²) in [5.41, 5.74) is 3.28. The summed E-state index contributed by atoms with van der Waals surface area (Å²) in [7, 11) is 0. The molecule has 1 heterocycles. The maximum Gasteiger partial charge on any atom is 0.0923 e. The molecule has 0 radical (unpaired) electrons. The number of aromatic amines is 1. The summed E-state index contributed by atoms with van der Waals surface area (Å²) < 4.78 is 12.4. The highest BCUT2D eigenvalue weighted by Crippen LogP contribution is 2.18. The highest BCUT2D eigenvalue weighted by molar-refractivity contribution is 5.58. The first kappa shape index (κ1) is 10.9. The van der Waals surface area contributed by atoms with Crippen molar-refractivity contribution < 1.29 is 4.39 Å². The van der Waals surface area contributed by atoms with Gasteiger partial charge in [0.2, 0.25) is 0 Å². The molecule has 1 atom stereocenters. The highest BCUT2D eigenvalue weighted by Gasteiger charge is 2.03. The van der Waals surface area contributed by atoms with Crippen molar-refractivity contribution in [2.24, 2.45) is 5.92 Å². The lowest BCUT2D eigenvalue weighted by Crippen LogP contribution is -2.01. The Morgan fingerprint density at radius 1 is 1.25 bits per heavy atom. The maximum atomic E-state index is 12.4. The zero-order valence-corrected chi connectivity index (χ0v) is 9.28. The van der Waals surface area contributed by atoms with Gasteiger partial charge in [0, 0.05) is 6.20 Å². The number of aromatic nitrogens is 2. The van der Waals surface area contributed by atoms with Gasteiger partial charge < -0.3 is 0 Å². The van der Waals surface area contributed by atoms with Crippen LogP contribution in [-0.2, 0) is 6.42 Å². The monoisotopic (exact) mass is 218 g/mol. The van der Waals surface area contributed by atoms with E-state index in [1.807, 2.05) is 37.3 Å². The molecule has 1 aromatic carbocycles. The Morgan fingerprint density at radius 3 is 2.56 bits per heavy atom. The molecule has 3 heteroatoms. The van der Waals surface area contributed by atoms with Crippen molar-refractivity contribution in [3.8, 4) is 11.3 Å². The highest BCUT2D eigenvalue weighted by atomic mass is 19.1. The van der Waals surface area contributed by atoms with E-state index in [0.717, 1.165) is 17.7 Å². The summed E-state index contributed by atoms with van der Waals surface area (Å²) in [6.07, 6.45) is 2.52. The number of H-pyrrole nitrogens is 1. The van der Waals surface area contributed by atoms with E-state index < -0.39 is 0 Å². The Labute approximate surface area is 94.5 Å². The van der Waals surface area contributed by atoms with Gasteiger partial charge in [0.15, 0.2) is 0 Å². The lowest BCUT2D eigenvalue weighted by Gasteiger charge is -2.07. The summed E-state index contributed by atoms with van der Waals surface area (Å²) in [5.74, 6) is 0.0954. The zero-order chi connectivity index (χ0) is 11.4. The van der Waals surface area contributed by atoms with Crippen molar-refractivity contribution >= 4 is 0 Å². The van der Waals surface area contributed by atoms with Gasteiger partial charge in [0.05, 0.1) is 12.4 Å². The average Bonchev–Trinajstić information content (AvgIpc) is 2.83. The van der Waals surface area contributed by atoms with Crippen molar-refractivity contribution in [2.45, 2.75) is 13.3 Å². The van der Waals surface area contributed by atoms with Crippen molar-refractivity contribution in [1.82, 2.24) is 10.2 Å². The fourth-order valence-corrected chi connectivity index (χ4v) is 1.69. The van der Waals surface area contributed by atoms with Crippen LogP contribution in [0.25, 0.3) is 11.3 Å². The zero-order valence-electron chi connectivity index (χ0n) is 9.28. The van der Waals surface area contributed by atoms with Gasteiger partial charge in [0.1, 0.15) is 0 Å². The lowest BCUT2D eigenvalue weighted by atomic mass is 10.0. The van der Waals surface area contributed by atoms with Crippen LogP contribution in [0.15, 0.2) is 36.5 Å². The van der Waals surface area contributed by atoms with E-state index in [2.05, 4.69) is 10.2 Å². The second kappa shape index (κ2) is 4.92. The van der Waals surface area contributed by atoms with Crippen LogP contribution in [0.2, 0.25) is 0 Å². The third-order valence-corrected chi connectivity index (χ3v) is 2.61. The molecule has 2 nitrogen and oxygen atoms in total. The SMILES string of the molecule is C[C@H](CF)Cc1ccc(-c2ccn[nH]2)cc1. The van der Waals surface area contributed by atoms with E-state index in [9.17, 15) is 4.39 Å². The Kier molecular flexibility index (Phi) is 3.34. The standard InChI is InChI=1S/C13H15FN2/c1-10(9-14)8-11-2-4-12(5-3-11)13-6-7-15-16-13/h2-7,10H,8-9H2,1H3,(H,15,16)/t10-/m0/s1. The summed E-state index contributed by atoms with van der Waals surface area (Å²) in [6.45, 7) is 1.66. The Hall–Kier alpha value is -1.64. The molecule has 0 saturated heterocycles. The summed E-state index contributed by atoms with van der Waals surface area (Å²) in [4.78, 5) is 0. The van der Waals surface area contributed by atoms with Crippen LogP contribution >= 0.6 is 0 Å². The third-order valence-electron chi connectivity index (χ3n) is 2.61. The number of hydrogen-bond donors (Lipinski definition) is 1. The maximum absolute atomic E-state index is 12.4. The first-order chi connectivity index (χ1) is 7.79. The van der Waals surface area contributed by atoms with Gasteiger partial charge in [-0.25, -0.2) is 0 Å². The molecule has 1 N–H and O–H groups in total. The van der Waals surface area contributed by atoms with Crippen LogP contribution in [0.3, 0.4) is 0 Å². The summed E-state index contributed by atoms with van der Waals surface area (Å²) >= 11 is 0. The molecule has 0 aliphatic carbocycles. The van der Waals surface area contributed by atoms with E-state index in [1.54, 1.807) is 6.20 Å². The minimum atomic E-state index is -0.262. The van der Waals surface area contributed by atoms with E-state index in [0.29, 0.717) is 0 Å². The molecule has 1 aromatic heterocycles. The Balaban J connectivity index is 2.11. The van der Waals surface area contributed by atoms with E-state index in [1.165, 1.54) is 5.56 Å². The first-order valence-corrected chi connectivity index (χ1v) is 5.44. The largest absolute Gasteiger partial charge is 0.278 e. The van der Waals surface area contributed by atoms with Gasteiger partial charge in [-0.05, 0) is 29.5 Å². The van der Waals surface area contributed by atoms with Crippen molar-refractivity contribution in [2.75, 3.05) is 6.67 Å². The Bertz CT molecular complexity index is 420. The Morgan fingerprint density at radius 2 is 2.00 bits per heavy atom. The van der Waals surface area contributed by atoms with Crippen LogP contribution < -0.4 is 0 Å². The van der Waals surface area contributed by atoms with E-state index in [-0.39, 0.29) is 12.6 Å². The van der Waals surface area contributed by atoms with Gasteiger partial charge in [-0.1, -0.05) is 31.2 Å². The fraction of sp³-hybridized carbons (Fsp3) is 0.308. The second-order valence-corrected chi connectivity index (χ2v) is 4.13. The number of rotatable bonds is 4. The van der Waals surface area contributed by atoms with Gasteiger partial charge in [0.25, 0.3) is 0 Å². The molecule has 0 spiro atoms. The molecule has 0 aliphatic heterocycles. The normalized spacial score (nSPS) is 12.6. The number of alkyl halides is 1. The quantitative estimate of drug-likeness (QED) is 0.838. The first-order valence-electron chi connectivity index (χ1n) is 5.44. The molecule has 84 valence electrons. The minimum absolute atomic E-state index is 0.0954. The number of benzene rings is 1. The third kappa shape index (κ3) is 2.48. The average molecular weight is 218 g/mol. The van der Waals surface area contributed by atoms with Gasteiger partial charge in [-0.15, -0.1) is 0 Å². The molecule has 0 amide bonds. The van der Waals surface area contributed by atoms with Gasteiger partial charge in [-0.3, -0.25) is 9.49 Å². The van der Waals surface area contributed by atoms with Crippen LogP contribution in [-0.4, -0.2) is 16.9 Å². The number of nitrogens with one attached hydrogen (secondary N) is 1. The number of hydrogen-bond acceptors (Lipinski definition) is 1. The van der Waals surface area contributed by atoms with Crippen molar-refractivity contribution in [3.05, 3.63) is 42.1 Å². The van der Waals surface area contributed by atoms with Crippen molar-refractivity contribution in [3.63, 3.8) is 0 Å². The molecule has 0 saturated carbocycles. The molecule has 0 aliphatic rings. The molecule has 0 fully saturated rings. The molecular formula is C13H15FN2. The lowest BCUT2D eigenvalue weighted by molar-refractivity contribution is 0.381. The summed E-state index contributed by atoms with van der Waals surface area (Å²) in [5, 5.41) is 6.82.